The molecule has 3 aromatic carbocycles. The Morgan fingerprint density at radius 1 is 0.893 bits per heavy atom. The average molecular weight is 383 g/mol. The van der Waals surface area contributed by atoms with Crippen molar-refractivity contribution < 1.29 is 23.0 Å². The van der Waals surface area contributed by atoms with Crippen LogP contribution in [0.4, 0.5) is 14.5 Å². The summed E-state index contributed by atoms with van der Waals surface area (Å²) in [6, 6.07) is 23.2. The van der Waals surface area contributed by atoms with E-state index in [1.165, 1.54) is 24.3 Å². The first kappa shape index (κ1) is 19.4. The van der Waals surface area contributed by atoms with Gasteiger partial charge in [0.2, 0.25) is 5.91 Å². The Bertz CT molecular complexity index is 899. The van der Waals surface area contributed by atoms with Crippen LogP contribution in [0.3, 0.4) is 0 Å². The topological polar surface area (TPSA) is 47.6 Å². The van der Waals surface area contributed by atoms with Gasteiger partial charge in [0.15, 0.2) is 0 Å². The molecule has 0 spiro atoms. The third kappa shape index (κ3) is 5.54. The van der Waals surface area contributed by atoms with Crippen molar-refractivity contribution in [2.45, 2.75) is 13.0 Å². The molecule has 0 radical (unpaired) electrons. The fourth-order valence-electron chi connectivity index (χ4n) is 2.65. The van der Waals surface area contributed by atoms with E-state index in [0.717, 1.165) is 11.1 Å². The van der Waals surface area contributed by atoms with Gasteiger partial charge in [-0.25, -0.2) is 0 Å². The summed E-state index contributed by atoms with van der Waals surface area (Å²) in [6.07, 6.45) is 0.151. The molecule has 6 heteroatoms. The highest BCUT2D eigenvalue weighted by molar-refractivity contribution is 5.90. The van der Waals surface area contributed by atoms with E-state index in [1.54, 1.807) is 0 Å². The van der Waals surface area contributed by atoms with Crippen molar-refractivity contribution in [1.82, 2.24) is 0 Å². The monoisotopic (exact) mass is 383 g/mol. The Balaban J connectivity index is 1.52. The number of hydrogen-bond acceptors (Lipinski definition) is 3. The summed E-state index contributed by atoms with van der Waals surface area (Å²) in [6.45, 7) is -2.67. The van der Waals surface area contributed by atoms with Gasteiger partial charge >= 0.3 is 6.61 Å². The standard InChI is InChI=1S/C22H19F2NO3/c23-22(24)28-18-12-10-17(11-13-18)25-21(26)14-15-27-20-9-5-4-8-19(20)16-6-2-1-3-7-16/h1-13,22H,14-15H2,(H,25,26). The lowest BCUT2D eigenvalue weighted by molar-refractivity contribution is -0.116. The van der Waals surface area contributed by atoms with Crippen molar-refractivity contribution in [3.05, 3.63) is 78.9 Å². The van der Waals surface area contributed by atoms with E-state index in [0.29, 0.717) is 11.4 Å². The number of nitrogens with one attached hydrogen (secondary N) is 1. The minimum absolute atomic E-state index is 0.0360. The van der Waals surface area contributed by atoms with Gasteiger partial charge in [0.25, 0.3) is 0 Å². The summed E-state index contributed by atoms with van der Waals surface area (Å²) in [7, 11) is 0. The molecule has 0 saturated carbocycles. The van der Waals surface area contributed by atoms with Crippen LogP contribution in [-0.2, 0) is 4.79 Å². The van der Waals surface area contributed by atoms with Crippen molar-refractivity contribution in [2.75, 3.05) is 11.9 Å². The highest BCUT2D eigenvalue weighted by Crippen LogP contribution is 2.29. The molecule has 0 bridgehead atoms. The van der Waals surface area contributed by atoms with Gasteiger partial charge in [-0.05, 0) is 35.9 Å². The van der Waals surface area contributed by atoms with Gasteiger partial charge in [0.1, 0.15) is 11.5 Å². The van der Waals surface area contributed by atoms with Gasteiger partial charge in [-0.2, -0.15) is 8.78 Å². The number of ether oxygens (including phenoxy) is 2. The van der Waals surface area contributed by atoms with Crippen LogP contribution in [-0.4, -0.2) is 19.1 Å². The second-order valence-electron chi connectivity index (χ2n) is 5.91. The molecule has 1 amide bonds. The average Bonchev–Trinajstić information content (AvgIpc) is 2.70. The quantitative estimate of drug-likeness (QED) is 0.569. The molecule has 28 heavy (non-hydrogen) atoms. The molecule has 4 nitrogen and oxygen atoms in total. The van der Waals surface area contributed by atoms with E-state index in [-0.39, 0.29) is 24.7 Å². The molecular formula is C22H19F2NO3. The van der Waals surface area contributed by atoms with Gasteiger partial charge in [0, 0.05) is 11.3 Å². The summed E-state index contributed by atoms with van der Waals surface area (Å²) in [5, 5.41) is 2.69. The largest absolute Gasteiger partial charge is 0.492 e. The van der Waals surface area contributed by atoms with Crippen molar-refractivity contribution in [3.63, 3.8) is 0 Å². The van der Waals surface area contributed by atoms with Crippen LogP contribution in [0.1, 0.15) is 6.42 Å². The molecule has 0 fully saturated rings. The number of alkyl halides is 2. The zero-order valence-corrected chi connectivity index (χ0v) is 15.0. The van der Waals surface area contributed by atoms with E-state index < -0.39 is 6.61 Å². The summed E-state index contributed by atoms with van der Waals surface area (Å²) < 4.78 is 34.4. The zero-order valence-electron chi connectivity index (χ0n) is 15.0. The van der Waals surface area contributed by atoms with E-state index in [4.69, 9.17) is 4.74 Å². The number of halogens is 2. The zero-order chi connectivity index (χ0) is 19.8. The molecule has 0 heterocycles. The maximum Gasteiger partial charge on any atom is 0.387 e. The Morgan fingerprint density at radius 2 is 1.57 bits per heavy atom. The van der Waals surface area contributed by atoms with Crippen LogP contribution in [0.5, 0.6) is 11.5 Å². The normalized spacial score (nSPS) is 10.5. The smallest absolute Gasteiger partial charge is 0.387 e. The molecule has 0 aliphatic heterocycles. The number of rotatable bonds is 8. The SMILES string of the molecule is O=C(CCOc1ccccc1-c1ccccc1)Nc1ccc(OC(F)F)cc1. The molecule has 3 rings (SSSR count). The van der Waals surface area contributed by atoms with Crippen molar-refractivity contribution in [2.24, 2.45) is 0 Å². The van der Waals surface area contributed by atoms with Crippen molar-refractivity contribution in [3.8, 4) is 22.6 Å². The molecule has 0 aliphatic carbocycles. The highest BCUT2D eigenvalue weighted by atomic mass is 19.3. The number of para-hydroxylation sites is 1. The van der Waals surface area contributed by atoms with Gasteiger partial charge in [-0.1, -0.05) is 48.5 Å². The summed E-state index contributed by atoms with van der Waals surface area (Å²) in [5.41, 5.74) is 2.49. The fourth-order valence-corrected chi connectivity index (χ4v) is 2.65. The van der Waals surface area contributed by atoms with Crippen LogP contribution in [0, 0.1) is 0 Å². The lowest BCUT2D eigenvalue weighted by atomic mass is 10.1. The van der Waals surface area contributed by atoms with Crippen molar-refractivity contribution in [1.29, 1.82) is 0 Å². The first-order chi connectivity index (χ1) is 13.6. The van der Waals surface area contributed by atoms with Gasteiger partial charge in [0.05, 0.1) is 13.0 Å². The Labute approximate surface area is 161 Å². The lowest BCUT2D eigenvalue weighted by Gasteiger charge is -2.12. The third-order valence-corrected chi connectivity index (χ3v) is 3.92. The minimum Gasteiger partial charge on any atom is -0.492 e. The van der Waals surface area contributed by atoms with Crippen LogP contribution in [0.15, 0.2) is 78.9 Å². The molecule has 1 N–H and O–H groups in total. The predicted molar refractivity (Wildman–Crippen MR) is 104 cm³/mol. The third-order valence-electron chi connectivity index (χ3n) is 3.92. The van der Waals surface area contributed by atoms with E-state index in [9.17, 15) is 13.6 Å². The van der Waals surface area contributed by atoms with Gasteiger partial charge < -0.3 is 14.8 Å². The molecular weight excluding hydrogens is 364 g/mol. The summed E-state index contributed by atoms with van der Waals surface area (Å²) >= 11 is 0. The maximum atomic E-state index is 12.1. The number of carbonyl (C=O) groups is 1. The maximum absolute atomic E-state index is 12.1. The molecule has 0 atom stereocenters. The molecule has 3 aromatic rings. The molecule has 0 saturated heterocycles. The number of benzene rings is 3. The van der Waals surface area contributed by atoms with E-state index >= 15 is 0 Å². The predicted octanol–water partition coefficient (Wildman–Crippen LogP) is 5.36. The summed E-state index contributed by atoms with van der Waals surface area (Å²) in [4.78, 5) is 12.1. The fraction of sp³-hybridized carbons (Fsp3) is 0.136. The van der Waals surface area contributed by atoms with Gasteiger partial charge in [-0.3, -0.25) is 4.79 Å². The second-order valence-corrected chi connectivity index (χ2v) is 5.91. The Morgan fingerprint density at radius 3 is 2.29 bits per heavy atom. The van der Waals surface area contributed by atoms with Crippen LogP contribution < -0.4 is 14.8 Å². The number of carbonyl (C=O) groups excluding carboxylic acids is 1. The Hall–Kier alpha value is -3.41. The number of hydrogen-bond donors (Lipinski definition) is 1. The van der Waals surface area contributed by atoms with E-state index in [1.807, 2.05) is 54.6 Å². The van der Waals surface area contributed by atoms with Crippen molar-refractivity contribution >= 4 is 11.6 Å². The number of anilines is 1. The molecule has 0 unspecified atom stereocenters. The van der Waals surface area contributed by atoms with Crippen LogP contribution in [0.25, 0.3) is 11.1 Å². The van der Waals surface area contributed by atoms with Crippen LogP contribution >= 0.6 is 0 Å². The van der Waals surface area contributed by atoms with Crippen LogP contribution in [0.2, 0.25) is 0 Å². The molecule has 0 aliphatic rings. The molecule has 0 aromatic heterocycles. The van der Waals surface area contributed by atoms with Gasteiger partial charge in [-0.15, -0.1) is 0 Å². The Kier molecular flexibility index (Phi) is 6.57. The summed E-state index contributed by atoms with van der Waals surface area (Å²) in [5.74, 6) is 0.503. The number of amides is 1. The molecule has 144 valence electrons. The lowest BCUT2D eigenvalue weighted by Crippen LogP contribution is -2.15. The first-order valence-corrected chi connectivity index (χ1v) is 8.74. The van der Waals surface area contributed by atoms with E-state index in [2.05, 4.69) is 10.1 Å². The second kappa shape index (κ2) is 9.50. The highest BCUT2D eigenvalue weighted by Gasteiger charge is 2.08. The minimum atomic E-state index is -2.88. The first-order valence-electron chi connectivity index (χ1n) is 8.74.